The first kappa shape index (κ1) is 25.3. The van der Waals surface area contributed by atoms with E-state index in [0.717, 1.165) is 69.8 Å². The predicted octanol–water partition coefficient (Wildman–Crippen LogP) is 3.93. The number of piperazine rings is 1. The third-order valence-corrected chi connectivity index (χ3v) is 7.38. The fraction of sp³-hybridized carbons (Fsp3) is 0.536. The smallest absolute Gasteiger partial charge is 0.255 e. The molecule has 7 nitrogen and oxygen atoms in total. The summed E-state index contributed by atoms with van der Waals surface area (Å²) in [6, 6.07) is 12.2. The molecule has 2 heterocycles. The summed E-state index contributed by atoms with van der Waals surface area (Å²) in [6.45, 7) is 12.1. The molecular formula is C28H40N4O3. The fourth-order valence-corrected chi connectivity index (χ4v) is 5.35. The van der Waals surface area contributed by atoms with Crippen molar-refractivity contribution >= 4 is 11.6 Å². The van der Waals surface area contributed by atoms with Crippen molar-refractivity contribution in [3.05, 3.63) is 53.1 Å². The SMILES string of the molecule is CCNCCCC(c1ccc(OC)c(OC)c1)N1Cc2c(cccc2N2CCN(CC)CC2)C1=O. The third-order valence-electron chi connectivity index (χ3n) is 7.38. The molecule has 35 heavy (non-hydrogen) atoms. The molecule has 1 unspecified atom stereocenters. The number of methoxy groups -OCH3 is 2. The molecule has 0 aliphatic carbocycles. The van der Waals surface area contributed by atoms with E-state index in [9.17, 15) is 4.79 Å². The lowest BCUT2D eigenvalue weighted by atomic mass is 9.99. The highest BCUT2D eigenvalue weighted by Gasteiger charge is 2.36. The second-order valence-corrected chi connectivity index (χ2v) is 9.28. The number of ether oxygens (including phenoxy) is 2. The number of rotatable bonds is 11. The Kier molecular flexibility index (Phi) is 8.52. The third kappa shape index (κ3) is 5.41. The van der Waals surface area contributed by atoms with Crippen LogP contribution >= 0.6 is 0 Å². The zero-order valence-corrected chi connectivity index (χ0v) is 21.7. The van der Waals surface area contributed by atoms with Crippen LogP contribution < -0.4 is 19.7 Å². The summed E-state index contributed by atoms with van der Waals surface area (Å²) < 4.78 is 11.0. The van der Waals surface area contributed by atoms with E-state index in [1.807, 2.05) is 24.3 Å². The minimum Gasteiger partial charge on any atom is -0.493 e. The molecule has 190 valence electrons. The average Bonchev–Trinajstić information content (AvgIpc) is 3.24. The molecule has 2 aromatic carbocycles. The number of benzene rings is 2. The van der Waals surface area contributed by atoms with Gasteiger partial charge >= 0.3 is 0 Å². The van der Waals surface area contributed by atoms with E-state index in [1.165, 1.54) is 11.3 Å². The molecule has 0 bridgehead atoms. The quantitative estimate of drug-likeness (QED) is 0.492. The van der Waals surface area contributed by atoms with Crippen LogP contribution in [0.3, 0.4) is 0 Å². The highest BCUT2D eigenvalue weighted by molar-refractivity contribution is 6.00. The van der Waals surface area contributed by atoms with E-state index < -0.39 is 0 Å². The van der Waals surface area contributed by atoms with Gasteiger partial charge < -0.3 is 29.5 Å². The molecule has 1 atom stereocenters. The highest BCUT2D eigenvalue weighted by atomic mass is 16.5. The van der Waals surface area contributed by atoms with E-state index in [-0.39, 0.29) is 11.9 Å². The molecule has 1 N–H and O–H groups in total. The van der Waals surface area contributed by atoms with Gasteiger partial charge in [-0.2, -0.15) is 0 Å². The first-order valence-electron chi connectivity index (χ1n) is 12.9. The highest BCUT2D eigenvalue weighted by Crippen LogP contribution is 2.40. The number of hydrogen-bond acceptors (Lipinski definition) is 6. The van der Waals surface area contributed by atoms with Crippen LogP contribution in [0.4, 0.5) is 5.69 Å². The fourth-order valence-electron chi connectivity index (χ4n) is 5.35. The lowest BCUT2D eigenvalue weighted by Gasteiger charge is -2.36. The summed E-state index contributed by atoms with van der Waals surface area (Å²) >= 11 is 0. The maximum atomic E-state index is 13.7. The summed E-state index contributed by atoms with van der Waals surface area (Å²) in [7, 11) is 3.30. The van der Waals surface area contributed by atoms with Crippen LogP contribution in [-0.4, -0.2) is 75.7 Å². The lowest BCUT2D eigenvalue weighted by Crippen LogP contribution is -2.46. The Balaban J connectivity index is 1.62. The molecule has 7 heteroatoms. The largest absolute Gasteiger partial charge is 0.493 e. The second-order valence-electron chi connectivity index (χ2n) is 9.28. The minimum absolute atomic E-state index is 0.0295. The summed E-state index contributed by atoms with van der Waals surface area (Å²) in [4.78, 5) is 20.7. The molecule has 4 rings (SSSR count). The second kappa shape index (κ2) is 11.8. The molecule has 0 radical (unpaired) electrons. The molecule has 1 amide bonds. The number of nitrogens with zero attached hydrogens (tertiary/aromatic N) is 3. The van der Waals surface area contributed by atoms with Crippen LogP contribution in [-0.2, 0) is 6.54 Å². The molecule has 2 aromatic rings. The van der Waals surface area contributed by atoms with E-state index in [2.05, 4.69) is 46.0 Å². The molecule has 2 aliphatic heterocycles. The summed E-state index contributed by atoms with van der Waals surface area (Å²) in [5.41, 5.74) is 4.31. The van der Waals surface area contributed by atoms with Gasteiger partial charge in [0, 0.05) is 49.5 Å². The van der Waals surface area contributed by atoms with Crippen molar-refractivity contribution in [2.24, 2.45) is 0 Å². The zero-order valence-electron chi connectivity index (χ0n) is 21.7. The van der Waals surface area contributed by atoms with Crippen molar-refractivity contribution in [3.8, 4) is 11.5 Å². The van der Waals surface area contributed by atoms with Crippen molar-refractivity contribution in [1.29, 1.82) is 0 Å². The Bertz CT molecular complexity index is 1000. The summed E-state index contributed by atoms with van der Waals surface area (Å²) in [5.74, 6) is 1.52. The van der Waals surface area contributed by atoms with Gasteiger partial charge in [-0.05, 0) is 62.3 Å². The van der Waals surface area contributed by atoms with Gasteiger partial charge in [0.2, 0.25) is 0 Å². The minimum atomic E-state index is -0.0295. The lowest BCUT2D eigenvalue weighted by molar-refractivity contribution is 0.0689. The van der Waals surface area contributed by atoms with Gasteiger partial charge in [-0.15, -0.1) is 0 Å². The van der Waals surface area contributed by atoms with Crippen LogP contribution in [0.15, 0.2) is 36.4 Å². The first-order chi connectivity index (χ1) is 17.1. The Hall–Kier alpha value is -2.77. The van der Waals surface area contributed by atoms with Gasteiger partial charge in [-0.25, -0.2) is 0 Å². The van der Waals surface area contributed by atoms with Crippen molar-refractivity contribution in [1.82, 2.24) is 15.1 Å². The summed E-state index contributed by atoms with van der Waals surface area (Å²) in [5, 5.41) is 3.42. The van der Waals surface area contributed by atoms with Gasteiger partial charge in [0.15, 0.2) is 11.5 Å². The van der Waals surface area contributed by atoms with Gasteiger partial charge in [0.25, 0.3) is 5.91 Å². The van der Waals surface area contributed by atoms with Crippen LogP contribution in [0, 0.1) is 0 Å². The van der Waals surface area contributed by atoms with Crippen LogP contribution in [0.25, 0.3) is 0 Å². The predicted molar refractivity (Wildman–Crippen MR) is 141 cm³/mol. The number of hydrogen-bond donors (Lipinski definition) is 1. The van der Waals surface area contributed by atoms with Gasteiger partial charge in [0.05, 0.1) is 20.3 Å². The van der Waals surface area contributed by atoms with Crippen LogP contribution in [0.5, 0.6) is 11.5 Å². The molecule has 0 saturated carbocycles. The Morgan fingerprint density at radius 3 is 2.46 bits per heavy atom. The maximum absolute atomic E-state index is 13.7. The van der Waals surface area contributed by atoms with E-state index in [4.69, 9.17) is 9.47 Å². The Morgan fingerprint density at radius 2 is 1.77 bits per heavy atom. The van der Waals surface area contributed by atoms with Crippen molar-refractivity contribution in [2.45, 2.75) is 39.3 Å². The van der Waals surface area contributed by atoms with Crippen molar-refractivity contribution < 1.29 is 14.3 Å². The number of carbonyl (C=O) groups is 1. The first-order valence-corrected chi connectivity index (χ1v) is 12.9. The number of anilines is 1. The topological polar surface area (TPSA) is 57.3 Å². The number of carbonyl (C=O) groups excluding carboxylic acids is 1. The van der Waals surface area contributed by atoms with Gasteiger partial charge in [-0.1, -0.05) is 26.0 Å². The number of nitrogens with one attached hydrogen (secondary N) is 1. The molecule has 0 spiro atoms. The van der Waals surface area contributed by atoms with Crippen molar-refractivity contribution in [2.75, 3.05) is 64.9 Å². The molecule has 0 aromatic heterocycles. The monoisotopic (exact) mass is 480 g/mol. The molecule has 1 fully saturated rings. The zero-order chi connectivity index (χ0) is 24.8. The number of likely N-dealkylation sites (N-methyl/N-ethyl adjacent to an activating group) is 1. The Morgan fingerprint density at radius 1 is 1.00 bits per heavy atom. The van der Waals surface area contributed by atoms with Crippen molar-refractivity contribution in [3.63, 3.8) is 0 Å². The van der Waals surface area contributed by atoms with Crippen LogP contribution in [0.1, 0.15) is 54.2 Å². The Labute approximate surface area is 210 Å². The number of amides is 1. The van der Waals surface area contributed by atoms with E-state index in [1.54, 1.807) is 14.2 Å². The molecule has 2 aliphatic rings. The standard InChI is InChI=1S/C28H40N4O3/c1-5-29-14-8-11-24(21-12-13-26(34-3)27(19-21)35-4)32-20-23-22(28(32)33)9-7-10-25(23)31-17-15-30(6-2)16-18-31/h7,9-10,12-13,19,24,29H,5-6,8,11,14-18,20H2,1-4H3. The van der Waals surface area contributed by atoms with Gasteiger partial charge in [0.1, 0.15) is 0 Å². The average molecular weight is 481 g/mol. The maximum Gasteiger partial charge on any atom is 0.255 e. The molecule has 1 saturated heterocycles. The van der Waals surface area contributed by atoms with Gasteiger partial charge in [-0.3, -0.25) is 4.79 Å². The summed E-state index contributed by atoms with van der Waals surface area (Å²) in [6.07, 6.45) is 1.87. The van der Waals surface area contributed by atoms with E-state index in [0.29, 0.717) is 18.0 Å². The molecular weight excluding hydrogens is 440 g/mol. The van der Waals surface area contributed by atoms with Crippen LogP contribution in [0.2, 0.25) is 0 Å². The number of fused-ring (bicyclic) bond motifs is 1. The normalized spacial score (nSPS) is 17.0. The van der Waals surface area contributed by atoms with E-state index >= 15 is 0 Å².